The molecule has 1 heterocycles. The van der Waals surface area contributed by atoms with Gasteiger partial charge in [-0.3, -0.25) is 4.98 Å². The highest BCUT2D eigenvalue weighted by Gasteiger charge is 2.18. The maximum absolute atomic E-state index is 13.0. The van der Waals surface area contributed by atoms with E-state index < -0.39 is 15.8 Å². The highest BCUT2D eigenvalue weighted by atomic mass is 32.2. The molecule has 1 aromatic heterocycles. The zero-order valence-corrected chi connectivity index (χ0v) is 10.8. The predicted molar refractivity (Wildman–Crippen MR) is 67.0 cm³/mol. The number of anilines is 1. The van der Waals surface area contributed by atoms with Crippen molar-refractivity contribution < 1.29 is 12.8 Å². The van der Waals surface area contributed by atoms with Crippen LogP contribution < -0.4 is 10.5 Å². The minimum absolute atomic E-state index is 0.00760. The van der Waals surface area contributed by atoms with Crippen LogP contribution in [-0.4, -0.2) is 13.4 Å². The van der Waals surface area contributed by atoms with Gasteiger partial charge in [-0.2, -0.15) is 0 Å². The summed E-state index contributed by atoms with van der Waals surface area (Å²) in [5, 5.41) is 0. The third kappa shape index (κ3) is 2.84. The van der Waals surface area contributed by atoms with Crippen LogP contribution >= 0.6 is 11.3 Å². The monoisotopic (exact) mass is 287 g/mol. The maximum atomic E-state index is 13.0. The van der Waals surface area contributed by atoms with Gasteiger partial charge in [0, 0.05) is 17.6 Å². The minimum Gasteiger partial charge on any atom is -0.398 e. The summed E-state index contributed by atoms with van der Waals surface area (Å²) in [7, 11) is -3.83. The Kier molecular flexibility index (Phi) is 3.60. The Morgan fingerprint density at radius 2 is 2.22 bits per heavy atom. The van der Waals surface area contributed by atoms with Gasteiger partial charge < -0.3 is 5.73 Å². The number of thiazole rings is 1. The first-order valence-corrected chi connectivity index (χ1v) is 7.27. The fraction of sp³-hybridized carbons (Fsp3) is 0.100. The van der Waals surface area contributed by atoms with Crippen molar-refractivity contribution in [2.75, 3.05) is 5.73 Å². The molecule has 3 N–H and O–H groups in total. The van der Waals surface area contributed by atoms with E-state index in [-0.39, 0.29) is 17.1 Å². The summed E-state index contributed by atoms with van der Waals surface area (Å²) in [5.74, 6) is -0.651. The van der Waals surface area contributed by atoms with Crippen molar-refractivity contribution in [3.05, 3.63) is 40.6 Å². The van der Waals surface area contributed by atoms with Gasteiger partial charge in [0.05, 0.1) is 11.2 Å². The molecular formula is C10H10FN3O2S2. The summed E-state index contributed by atoms with van der Waals surface area (Å²) >= 11 is 1.32. The van der Waals surface area contributed by atoms with Crippen LogP contribution in [0.5, 0.6) is 0 Å². The van der Waals surface area contributed by atoms with Gasteiger partial charge in [0.2, 0.25) is 10.0 Å². The van der Waals surface area contributed by atoms with E-state index in [1.807, 2.05) is 0 Å². The van der Waals surface area contributed by atoms with Crippen LogP contribution in [-0.2, 0) is 16.6 Å². The van der Waals surface area contributed by atoms with Gasteiger partial charge >= 0.3 is 0 Å². The smallest absolute Gasteiger partial charge is 0.243 e. The highest BCUT2D eigenvalue weighted by Crippen LogP contribution is 2.19. The van der Waals surface area contributed by atoms with E-state index in [1.165, 1.54) is 17.4 Å². The van der Waals surface area contributed by atoms with Crippen molar-refractivity contribution >= 4 is 27.0 Å². The summed E-state index contributed by atoms with van der Waals surface area (Å²) in [5.41, 5.74) is 7.13. The van der Waals surface area contributed by atoms with Crippen molar-refractivity contribution in [2.24, 2.45) is 0 Å². The second-order valence-corrected chi connectivity index (χ2v) is 6.18. The van der Waals surface area contributed by atoms with Gasteiger partial charge in [-0.25, -0.2) is 17.5 Å². The second kappa shape index (κ2) is 5.01. The zero-order valence-electron chi connectivity index (χ0n) is 9.13. The fourth-order valence-electron chi connectivity index (χ4n) is 1.31. The van der Waals surface area contributed by atoms with Crippen molar-refractivity contribution in [3.8, 4) is 0 Å². The minimum atomic E-state index is -3.83. The second-order valence-electron chi connectivity index (χ2n) is 3.47. The zero-order chi connectivity index (χ0) is 13.2. The first-order valence-electron chi connectivity index (χ1n) is 4.91. The summed E-state index contributed by atoms with van der Waals surface area (Å²) in [4.78, 5) is 4.33. The van der Waals surface area contributed by atoms with Gasteiger partial charge in [-0.15, -0.1) is 11.3 Å². The molecule has 0 bridgehead atoms. The van der Waals surface area contributed by atoms with Gasteiger partial charge in [0.15, 0.2) is 0 Å². The quantitative estimate of drug-likeness (QED) is 0.831. The number of benzene rings is 1. The van der Waals surface area contributed by atoms with Crippen LogP contribution in [0, 0.1) is 5.82 Å². The Balaban J connectivity index is 2.22. The number of hydrogen-bond acceptors (Lipinski definition) is 5. The van der Waals surface area contributed by atoms with Gasteiger partial charge in [0.1, 0.15) is 10.7 Å². The largest absolute Gasteiger partial charge is 0.398 e. The number of nitrogens with one attached hydrogen (secondary N) is 1. The third-order valence-corrected chi connectivity index (χ3v) is 4.42. The molecule has 0 unspecified atom stereocenters. The number of aromatic nitrogens is 1. The van der Waals surface area contributed by atoms with Crippen LogP contribution in [0.15, 0.2) is 34.8 Å². The molecule has 96 valence electrons. The Morgan fingerprint density at radius 1 is 1.44 bits per heavy atom. The lowest BCUT2D eigenvalue weighted by molar-refractivity contribution is 0.578. The summed E-state index contributed by atoms with van der Waals surface area (Å²) in [6.07, 6.45) is 1.56. The normalized spacial score (nSPS) is 11.6. The maximum Gasteiger partial charge on any atom is 0.243 e. The Bertz CT molecular complexity index is 641. The molecule has 1 aromatic carbocycles. The van der Waals surface area contributed by atoms with Crippen molar-refractivity contribution in [2.45, 2.75) is 11.4 Å². The van der Waals surface area contributed by atoms with E-state index in [2.05, 4.69) is 9.71 Å². The first-order chi connectivity index (χ1) is 8.49. The molecule has 0 atom stereocenters. The SMILES string of the molecule is Nc1ccc(F)cc1S(=O)(=O)NCc1cncs1. The molecule has 0 saturated heterocycles. The molecular weight excluding hydrogens is 277 g/mol. The van der Waals surface area contributed by atoms with Crippen LogP contribution in [0.1, 0.15) is 4.88 Å². The molecule has 0 amide bonds. The molecule has 0 aliphatic heterocycles. The van der Waals surface area contributed by atoms with E-state index in [0.717, 1.165) is 17.0 Å². The van der Waals surface area contributed by atoms with E-state index >= 15 is 0 Å². The lowest BCUT2D eigenvalue weighted by Gasteiger charge is -2.08. The average molecular weight is 287 g/mol. The van der Waals surface area contributed by atoms with Crippen LogP contribution in [0.3, 0.4) is 0 Å². The molecule has 8 heteroatoms. The third-order valence-electron chi connectivity index (χ3n) is 2.19. The summed E-state index contributed by atoms with van der Waals surface area (Å²) in [6.45, 7) is 0.100. The highest BCUT2D eigenvalue weighted by molar-refractivity contribution is 7.89. The average Bonchev–Trinajstić information content (AvgIpc) is 2.83. The molecule has 18 heavy (non-hydrogen) atoms. The number of hydrogen-bond donors (Lipinski definition) is 2. The van der Waals surface area contributed by atoms with Crippen molar-refractivity contribution in [1.82, 2.24) is 9.71 Å². The van der Waals surface area contributed by atoms with Crippen LogP contribution in [0.25, 0.3) is 0 Å². The molecule has 0 spiro atoms. The molecule has 2 rings (SSSR count). The first kappa shape index (κ1) is 12.9. The number of rotatable bonds is 4. The van der Waals surface area contributed by atoms with Gasteiger partial charge in [-0.05, 0) is 18.2 Å². The molecule has 0 saturated carbocycles. The van der Waals surface area contributed by atoms with Crippen molar-refractivity contribution in [3.63, 3.8) is 0 Å². The summed E-state index contributed by atoms with van der Waals surface area (Å²) in [6, 6.07) is 3.22. The predicted octanol–water partition coefficient (Wildman–Crippen LogP) is 1.34. The number of sulfonamides is 1. The van der Waals surface area contributed by atoms with E-state index in [0.29, 0.717) is 0 Å². The van der Waals surface area contributed by atoms with Gasteiger partial charge in [0.25, 0.3) is 0 Å². The number of nitrogens with two attached hydrogens (primary N) is 1. The molecule has 0 aliphatic rings. The summed E-state index contributed by atoms with van der Waals surface area (Å²) < 4.78 is 39.2. The Hall–Kier alpha value is -1.51. The molecule has 0 fully saturated rings. The number of nitrogen functional groups attached to an aromatic ring is 1. The van der Waals surface area contributed by atoms with E-state index in [9.17, 15) is 12.8 Å². The molecule has 2 aromatic rings. The van der Waals surface area contributed by atoms with Crippen LogP contribution in [0.4, 0.5) is 10.1 Å². The Morgan fingerprint density at radius 3 is 2.89 bits per heavy atom. The topological polar surface area (TPSA) is 85.1 Å². The van der Waals surface area contributed by atoms with Gasteiger partial charge in [-0.1, -0.05) is 0 Å². The Labute approximate surface area is 108 Å². The van der Waals surface area contributed by atoms with Crippen molar-refractivity contribution in [1.29, 1.82) is 0 Å². The standard InChI is InChI=1S/C10H10FN3O2S2/c11-7-1-2-9(12)10(3-7)18(15,16)14-5-8-4-13-6-17-8/h1-4,6,14H,5,12H2. The fourth-order valence-corrected chi connectivity index (χ4v) is 3.09. The molecule has 5 nitrogen and oxygen atoms in total. The van der Waals surface area contributed by atoms with Crippen LogP contribution in [0.2, 0.25) is 0 Å². The molecule has 0 aliphatic carbocycles. The van der Waals surface area contributed by atoms with E-state index in [4.69, 9.17) is 5.73 Å². The molecule has 0 radical (unpaired) electrons. The number of nitrogens with zero attached hydrogens (tertiary/aromatic N) is 1. The lowest BCUT2D eigenvalue weighted by atomic mass is 10.3. The van der Waals surface area contributed by atoms with E-state index in [1.54, 1.807) is 11.7 Å². The lowest BCUT2D eigenvalue weighted by Crippen LogP contribution is -2.23. The number of halogens is 1.